The van der Waals surface area contributed by atoms with Gasteiger partial charge in [0.15, 0.2) is 0 Å². The fraction of sp³-hybridized carbons (Fsp3) is 0.381. The minimum atomic E-state index is -3.60. The van der Waals surface area contributed by atoms with Crippen molar-refractivity contribution in [2.24, 2.45) is 0 Å². The molecular formula is C21H28N2O4S2. The van der Waals surface area contributed by atoms with Crippen molar-refractivity contribution >= 4 is 33.4 Å². The van der Waals surface area contributed by atoms with Gasteiger partial charge in [0.1, 0.15) is 5.75 Å². The number of carbonyl (C=O) groups is 1. The molecule has 0 bridgehead atoms. The largest absolute Gasteiger partial charge is 0.497 e. The maximum Gasteiger partial charge on any atom is 0.243 e. The van der Waals surface area contributed by atoms with Gasteiger partial charge in [0, 0.05) is 23.7 Å². The quantitative estimate of drug-likeness (QED) is 0.600. The molecule has 1 amide bonds. The van der Waals surface area contributed by atoms with Crippen molar-refractivity contribution < 1.29 is 17.9 Å². The molecule has 0 aliphatic carbocycles. The van der Waals surface area contributed by atoms with Crippen LogP contribution in [0.4, 0.5) is 5.69 Å². The Morgan fingerprint density at radius 2 is 1.72 bits per heavy atom. The predicted molar refractivity (Wildman–Crippen MR) is 118 cm³/mol. The number of amides is 1. The van der Waals surface area contributed by atoms with Crippen molar-refractivity contribution in [2.45, 2.75) is 37.5 Å². The highest BCUT2D eigenvalue weighted by Gasteiger charge is 2.23. The number of hydrogen-bond donors (Lipinski definition) is 1. The molecule has 0 fully saturated rings. The van der Waals surface area contributed by atoms with Crippen molar-refractivity contribution in [3.05, 3.63) is 47.5 Å². The van der Waals surface area contributed by atoms with E-state index in [0.29, 0.717) is 18.8 Å². The molecule has 0 spiro atoms. The second-order valence-electron chi connectivity index (χ2n) is 6.51. The molecule has 0 radical (unpaired) electrons. The number of ether oxygens (including phenoxy) is 1. The normalized spacial score (nSPS) is 11.5. The predicted octanol–water partition coefficient (Wildman–Crippen LogP) is 4.07. The lowest BCUT2D eigenvalue weighted by molar-refractivity contribution is -0.113. The van der Waals surface area contributed by atoms with Crippen molar-refractivity contribution in [2.75, 3.05) is 31.3 Å². The average molecular weight is 437 g/mol. The van der Waals surface area contributed by atoms with Crippen LogP contribution in [-0.4, -0.2) is 44.6 Å². The smallest absolute Gasteiger partial charge is 0.243 e. The lowest BCUT2D eigenvalue weighted by atomic mass is 10.1. The number of methoxy groups -OCH3 is 1. The molecule has 0 aliphatic heterocycles. The van der Waals surface area contributed by atoms with Gasteiger partial charge in [-0.3, -0.25) is 4.79 Å². The first-order valence-corrected chi connectivity index (χ1v) is 11.8. The Morgan fingerprint density at radius 3 is 2.28 bits per heavy atom. The number of hydrogen-bond acceptors (Lipinski definition) is 5. The van der Waals surface area contributed by atoms with Crippen molar-refractivity contribution in [1.29, 1.82) is 0 Å². The van der Waals surface area contributed by atoms with Gasteiger partial charge in [-0.1, -0.05) is 13.8 Å². The summed E-state index contributed by atoms with van der Waals surface area (Å²) in [5, 5.41) is 2.86. The van der Waals surface area contributed by atoms with Crippen LogP contribution in [0, 0.1) is 13.8 Å². The maximum atomic E-state index is 12.9. The van der Waals surface area contributed by atoms with Gasteiger partial charge < -0.3 is 10.1 Å². The first kappa shape index (κ1) is 23.3. The SMILES string of the molecule is CCN(CC)S(=O)(=O)c1cc(C)c(C)c(NC(=O)CSc2ccc(OC)cc2)c1. The third-order valence-corrected chi connectivity index (χ3v) is 7.73. The highest BCUT2D eigenvalue weighted by atomic mass is 32.2. The van der Waals surface area contributed by atoms with E-state index in [2.05, 4.69) is 5.32 Å². The summed E-state index contributed by atoms with van der Waals surface area (Å²) in [6.07, 6.45) is 0. The van der Waals surface area contributed by atoms with E-state index in [1.54, 1.807) is 33.1 Å². The molecule has 1 N–H and O–H groups in total. The zero-order chi connectivity index (χ0) is 21.6. The summed E-state index contributed by atoms with van der Waals surface area (Å²) in [5.74, 6) is 0.791. The maximum absolute atomic E-state index is 12.9. The van der Waals surface area contributed by atoms with Crippen LogP contribution in [0.1, 0.15) is 25.0 Å². The molecule has 2 aromatic rings. The topological polar surface area (TPSA) is 75.7 Å². The third kappa shape index (κ3) is 5.74. The Balaban J connectivity index is 2.16. The van der Waals surface area contributed by atoms with Gasteiger partial charge in [0.2, 0.25) is 15.9 Å². The molecule has 0 aliphatic rings. The number of anilines is 1. The number of aryl methyl sites for hydroxylation is 1. The fourth-order valence-electron chi connectivity index (χ4n) is 2.82. The average Bonchev–Trinajstić information content (AvgIpc) is 2.70. The molecule has 0 saturated heterocycles. The third-order valence-electron chi connectivity index (χ3n) is 4.69. The van der Waals surface area contributed by atoms with Crippen LogP contribution >= 0.6 is 11.8 Å². The van der Waals surface area contributed by atoms with Crippen LogP contribution in [0.3, 0.4) is 0 Å². The number of sulfonamides is 1. The van der Waals surface area contributed by atoms with Crippen LogP contribution in [0.15, 0.2) is 46.2 Å². The van der Waals surface area contributed by atoms with E-state index in [1.807, 2.05) is 38.1 Å². The molecule has 0 aromatic heterocycles. The summed E-state index contributed by atoms with van der Waals surface area (Å²) in [6.45, 7) is 8.12. The van der Waals surface area contributed by atoms with E-state index in [-0.39, 0.29) is 16.6 Å². The van der Waals surface area contributed by atoms with Gasteiger partial charge in [0.25, 0.3) is 0 Å². The Hall–Kier alpha value is -2.03. The number of benzene rings is 2. The van der Waals surface area contributed by atoms with Gasteiger partial charge in [-0.25, -0.2) is 8.42 Å². The van der Waals surface area contributed by atoms with Gasteiger partial charge >= 0.3 is 0 Å². The first-order valence-electron chi connectivity index (χ1n) is 9.41. The second kappa shape index (κ2) is 10.1. The first-order chi connectivity index (χ1) is 13.7. The lowest BCUT2D eigenvalue weighted by Gasteiger charge is -2.20. The number of rotatable bonds is 9. The zero-order valence-corrected chi connectivity index (χ0v) is 19.1. The number of nitrogens with zero attached hydrogens (tertiary/aromatic N) is 1. The Labute approximate surface area is 177 Å². The van der Waals surface area contributed by atoms with Gasteiger partial charge in [0.05, 0.1) is 17.8 Å². The summed E-state index contributed by atoms with van der Waals surface area (Å²) in [5.41, 5.74) is 2.19. The molecule has 0 saturated carbocycles. The minimum absolute atomic E-state index is 0.189. The Morgan fingerprint density at radius 1 is 1.10 bits per heavy atom. The molecular weight excluding hydrogens is 408 g/mol. The standard InChI is InChI=1S/C21H28N2O4S2/c1-6-23(7-2)29(25,26)19-12-15(3)16(4)20(13-19)22-21(24)14-28-18-10-8-17(27-5)9-11-18/h8-13H,6-7,14H2,1-5H3,(H,22,24). The van der Waals surface area contributed by atoms with Crippen LogP contribution in [-0.2, 0) is 14.8 Å². The van der Waals surface area contributed by atoms with E-state index in [0.717, 1.165) is 21.8 Å². The van der Waals surface area contributed by atoms with Crippen molar-refractivity contribution in [3.8, 4) is 5.75 Å². The van der Waals surface area contributed by atoms with Crippen LogP contribution in [0.25, 0.3) is 0 Å². The monoisotopic (exact) mass is 436 g/mol. The molecule has 2 aromatic carbocycles. The van der Waals surface area contributed by atoms with E-state index in [1.165, 1.54) is 16.1 Å². The highest BCUT2D eigenvalue weighted by Crippen LogP contribution is 2.27. The number of thioether (sulfide) groups is 1. The second-order valence-corrected chi connectivity index (χ2v) is 9.50. The molecule has 0 heterocycles. The van der Waals surface area contributed by atoms with Crippen LogP contribution in [0.5, 0.6) is 5.75 Å². The Kier molecular flexibility index (Phi) is 8.13. The lowest BCUT2D eigenvalue weighted by Crippen LogP contribution is -2.30. The number of carbonyl (C=O) groups excluding carboxylic acids is 1. The molecule has 8 heteroatoms. The minimum Gasteiger partial charge on any atom is -0.497 e. The van der Waals surface area contributed by atoms with Crippen molar-refractivity contribution in [1.82, 2.24) is 4.31 Å². The summed E-state index contributed by atoms with van der Waals surface area (Å²) in [6, 6.07) is 10.7. The molecule has 0 atom stereocenters. The molecule has 158 valence electrons. The van der Waals surface area contributed by atoms with Crippen molar-refractivity contribution in [3.63, 3.8) is 0 Å². The zero-order valence-electron chi connectivity index (χ0n) is 17.5. The molecule has 6 nitrogen and oxygen atoms in total. The summed E-state index contributed by atoms with van der Waals surface area (Å²) < 4.78 is 32.2. The van der Waals surface area contributed by atoms with E-state index in [9.17, 15) is 13.2 Å². The van der Waals surface area contributed by atoms with E-state index < -0.39 is 10.0 Å². The van der Waals surface area contributed by atoms with Gasteiger partial charge in [-0.05, 0) is 61.4 Å². The van der Waals surface area contributed by atoms with Gasteiger partial charge in [-0.2, -0.15) is 4.31 Å². The number of nitrogens with one attached hydrogen (secondary N) is 1. The highest BCUT2D eigenvalue weighted by molar-refractivity contribution is 8.00. The van der Waals surface area contributed by atoms with E-state index in [4.69, 9.17) is 4.74 Å². The fourth-order valence-corrected chi connectivity index (χ4v) is 5.09. The Bertz CT molecular complexity index is 953. The van der Waals surface area contributed by atoms with Crippen LogP contribution < -0.4 is 10.1 Å². The summed E-state index contributed by atoms with van der Waals surface area (Å²) in [7, 11) is -1.99. The molecule has 29 heavy (non-hydrogen) atoms. The summed E-state index contributed by atoms with van der Waals surface area (Å²) in [4.78, 5) is 13.6. The molecule has 0 unspecified atom stereocenters. The van der Waals surface area contributed by atoms with Crippen LogP contribution in [0.2, 0.25) is 0 Å². The van der Waals surface area contributed by atoms with E-state index >= 15 is 0 Å². The van der Waals surface area contributed by atoms with Gasteiger partial charge in [-0.15, -0.1) is 11.8 Å². The molecule has 2 rings (SSSR count). The summed E-state index contributed by atoms with van der Waals surface area (Å²) >= 11 is 1.40.